The van der Waals surface area contributed by atoms with Gasteiger partial charge in [0.05, 0.1) is 7.11 Å². The normalized spacial score (nSPS) is 20.6. The number of aliphatic hydroxyl groups excluding tert-OH is 1. The molecule has 0 spiro atoms. The topological polar surface area (TPSA) is 54.0 Å². The Hall–Kier alpha value is -0.950. The highest BCUT2D eigenvalue weighted by atomic mass is 32.2. The molecule has 1 aliphatic heterocycles. The number of benzene rings is 1. The van der Waals surface area contributed by atoms with Crippen LogP contribution in [0.5, 0.6) is 11.5 Å². The Bertz CT molecular complexity index is 587. The summed E-state index contributed by atoms with van der Waals surface area (Å²) >= 11 is 1.98. The molecule has 0 bridgehead atoms. The van der Waals surface area contributed by atoms with Gasteiger partial charge in [-0.1, -0.05) is 38.2 Å². The molecule has 1 atom stereocenters. The molecule has 5 nitrogen and oxygen atoms in total. The second-order valence-corrected chi connectivity index (χ2v) is 9.51. The minimum Gasteiger partial charge on any atom is -0.493 e. The molecule has 6 heteroatoms. The summed E-state index contributed by atoms with van der Waals surface area (Å²) in [5.41, 5.74) is 1.21. The van der Waals surface area contributed by atoms with Crippen molar-refractivity contribution in [1.82, 2.24) is 10.2 Å². The Balaban J connectivity index is 1.46. The molecule has 1 aliphatic carbocycles. The van der Waals surface area contributed by atoms with Gasteiger partial charge in [0.25, 0.3) is 0 Å². The quantitative estimate of drug-likeness (QED) is 0.633. The molecule has 0 radical (unpaired) electrons. The molecular formula is C23H38N2O3S. The summed E-state index contributed by atoms with van der Waals surface area (Å²) in [5, 5.41) is 14.1. The van der Waals surface area contributed by atoms with Gasteiger partial charge >= 0.3 is 0 Å². The van der Waals surface area contributed by atoms with E-state index in [4.69, 9.17) is 9.47 Å². The largest absolute Gasteiger partial charge is 0.493 e. The van der Waals surface area contributed by atoms with Crippen molar-refractivity contribution in [2.45, 2.75) is 63.6 Å². The zero-order chi connectivity index (χ0) is 20.3. The van der Waals surface area contributed by atoms with Gasteiger partial charge in [0.15, 0.2) is 11.5 Å². The number of rotatable bonds is 9. The first kappa shape index (κ1) is 22.7. The number of β-amino-alcohol motifs (C(OH)–C–C–N with tert-alkyl or cyclic N) is 1. The number of thioether (sulfide) groups is 1. The summed E-state index contributed by atoms with van der Waals surface area (Å²) in [6, 6.07) is 6.75. The molecule has 2 N–H and O–H groups in total. The van der Waals surface area contributed by atoms with Crippen LogP contribution in [0.15, 0.2) is 18.2 Å². The monoisotopic (exact) mass is 422 g/mol. The number of aliphatic hydroxyl groups is 1. The third kappa shape index (κ3) is 8.00. The van der Waals surface area contributed by atoms with Crippen LogP contribution >= 0.6 is 11.8 Å². The molecule has 1 aromatic carbocycles. The van der Waals surface area contributed by atoms with Crippen molar-refractivity contribution in [3.63, 3.8) is 0 Å². The molecule has 2 aliphatic rings. The highest BCUT2D eigenvalue weighted by Gasteiger charge is 2.16. The fourth-order valence-electron chi connectivity index (χ4n) is 4.18. The summed E-state index contributed by atoms with van der Waals surface area (Å²) in [6.07, 6.45) is 8.91. The van der Waals surface area contributed by atoms with Gasteiger partial charge in [-0.15, -0.1) is 0 Å². The van der Waals surface area contributed by atoms with Gasteiger partial charge in [0.1, 0.15) is 12.7 Å². The van der Waals surface area contributed by atoms with E-state index < -0.39 is 6.10 Å². The van der Waals surface area contributed by atoms with Gasteiger partial charge in [-0.25, -0.2) is 0 Å². The lowest BCUT2D eigenvalue weighted by Gasteiger charge is -2.28. The standard InChI is InChI=1S/C23H38N2O3S/c1-27-23-15-19(16-24-20-7-5-3-2-4-6-8-20)9-10-22(23)28-18-21(26)17-25-11-13-29-14-12-25/h9-10,15,20-21,24,26H,2-8,11-14,16-18H2,1H3/t21-/m1/s1. The molecule has 3 rings (SSSR count). The number of hydrogen-bond acceptors (Lipinski definition) is 6. The van der Waals surface area contributed by atoms with E-state index in [-0.39, 0.29) is 0 Å². The van der Waals surface area contributed by atoms with Crippen LogP contribution in [-0.2, 0) is 6.54 Å². The van der Waals surface area contributed by atoms with E-state index >= 15 is 0 Å². The van der Waals surface area contributed by atoms with Gasteiger partial charge < -0.3 is 19.9 Å². The van der Waals surface area contributed by atoms with Crippen LogP contribution < -0.4 is 14.8 Å². The number of methoxy groups -OCH3 is 1. The Kier molecular flexibility index (Phi) is 9.94. The van der Waals surface area contributed by atoms with E-state index in [0.29, 0.717) is 24.9 Å². The Labute approximate surface area is 180 Å². The maximum atomic E-state index is 10.3. The second kappa shape index (κ2) is 12.7. The third-order valence-corrected chi connectivity index (χ3v) is 6.87. The smallest absolute Gasteiger partial charge is 0.161 e. The van der Waals surface area contributed by atoms with Gasteiger partial charge in [-0.05, 0) is 30.5 Å². The highest BCUT2D eigenvalue weighted by Crippen LogP contribution is 2.28. The average molecular weight is 423 g/mol. The van der Waals surface area contributed by atoms with Crippen LogP contribution in [0.3, 0.4) is 0 Å². The first-order valence-electron chi connectivity index (χ1n) is 11.3. The van der Waals surface area contributed by atoms with E-state index in [1.807, 2.05) is 17.8 Å². The van der Waals surface area contributed by atoms with Crippen molar-refractivity contribution in [2.75, 3.05) is 44.9 Å². The SMILES string of the molecule is COc1cc(CNC2CCCCCCC2)ccc1OC[C@H](O)CN1CCSCC1. The summed E-state index contributed by atoms with van der Waals surface area (Å²) in [4.78, 5) is 2.31. The predicted octanol–water partition coefficient (Wildman–Crippen LogP) is 3.69. The van der Waals surface area contributed by atoms with Crippen LogP contribution in [0.1, 0.15) is 50.5 Å². The molecule has 0 amide bonds. The average Bonchev–Trinajstić information content (AvgIpc) is 2.72. The van der Waals surface area contributed by atoms with Crippen molar-refractivity contribution in [3.05, 3.63) is 23.8 Å². The fourth-order valence-corrected chi connectivity index (χ4v) is 5.16. The van der Waals surface area contributed by atoms with Gasteiger partial charge in [0.2, 0.25) is 0 Å². The summed E-state index contributed by atoms with van der Waals surface area (Å²) in [5.74, 6) is 3.74. The lowest BCUT2D eigenvalue weighted by atomic mass is 9.96. The van der Waals surface area contributed by atoms with Crippen molar-refractivity contribution in [3.8, 4) is 11.5 Å². The number of ether oxygens (including phenoxy) is 2. The van der Waals surface area contributed by atoms with Crippen LogP contribution in [0.2, 0.25) is 0 Å². The Morgan fingerprint density at radius 3 is 2.55 bits per heavy atom. The third-order valence-electron chi connectivity index (χ3n) is 5.93. The molecule has 1 saturated carbocycles. The van der Waals surface area contributed by atoms with E-state index in [2.05, 4.69) is 22.3 Å². The molecule has 1 aromatic rings. The predicted molar refractivity (Wildman–Crippen MR) is 121 cm³/mol. The minimum atomic E-state index is -0.483. The van der Waals surface area contributed by atoms with E-state index in [1.54, 1.807) is 7.11 Å². The minimum absolute atomic E-state index is 0.291. The van der Waals surface area contributed by atoms with Crippen molar-refractivity contribution < 1.29 is 14.6 Å². The van der Waals surface area contributed by atoms with E-state index in [1.165, 1.54) is 50.5 Å². The van der Waals surface area contributed by atoms with Crippen LogP contribution in [-0.4, -0.2) is 67.0 Å². The summed E-state index contributed by atoms with van der Waals surface area (Å²) < 4.78 is 11.4. The van der Waals surface area contributed by atoms with Gasteiger partial charge in [-0.3, -0.25) is 4.90 Å². The van der Waals surface area contributed by atoms with E-state index in [9.17, 15) is 5.11 Å². The second-order valence-electron chi connectivity index (χ2n) is 8.29. The summed E-state index contributed by atoms with van der Waals surface area (Å²) in [7, 11) is 1.68. The Morgan fingerprint density at radius 1 is 1.10 bits per heavy atom. The van der Waals surface area contributed by atoms with Crippen molar-refractivity contribution in [1.29, 1.82) is 0 Å². The molecule has 29 heavy (non-hydrogen) atoms. The molecule has 2 fully saturated rings. The lowest BCUT2D eigenvalue weighted by Crippen LogP contribution is -2.40. The molecule has 0 aromatic heterocycles. The van der Waals surface area contributed by atoms with Gasteiger partial charge in [0, 0.05) is 43.7 Å². The molecular weight excluding hydrogens is 384 g/mol. The highest BCUT2D eigenvalue weighted by molar-refractivity contribution is 7.99. The summed E-state index contributed by atoms with van der Waals surface area (Å²) in [6.45, 7) is 3.92. The van der Waals surface area contributed by atoms with Crippen molar-refractivity contribution in [2.24, 2.45) is 0 Å². The van der Waals surface area contributed by atoms with Crippen LogP contribution in [0, 0.1) is 0 Å². The molecule has 0 unspecified atom stereocenters. The van der Waals surface area contributed by atoms with Crippen LogP contribution in [0.25, 0.3) is 0 Å². The fraction of sp³-hybridized carbons (Fsp3) is 0.739. The molecule has 164 valence electrons. The van der Waals surface area contributed by atoms with Gasteiger partial charge in [-0.2, -0.15) is 11.8 Å². The zero-order valence-electron chi connectivity index (χ0n) is 17.9. The maximum Gasteiger partial charge on any atom is 0.161 e. The first-order chi connectivity index (χ1) is 14.2. The maximum absolute atomic E-state index is 10.3. The lowest BCUT2D eigenvalue weighted by molar-refractivity contribution is 0.0705. The first-order valence-corrected chi connectivity index (χ1v) is 12.4. The van der Waals surface area contributed by atoms with Crippen LogP contribution in [0.4, 0.5) is 0 Å². The number of nitrogens with one attached hydrogen (secondary N) is 1. The number of hydrogen-bond donors (Lipinski definition) is 2. The number of nitrogens with zero attached hydrogens (tertiary/aromatic N) is 1. The van der Waals surface area contributed by atoms with Crippen molar-refractivity contribution >= 4 is 11.8 Å². The Morgan fingerprint density at radius 2 is 1.83 bits per heavy atom. The molecule has 1 heterocycles. The molecule has 1 saturated heterocycles. The van der Waals surface area contributed by atoms with E-state index in [0.717, 1.165) is 36.9 Å². The zero-order valence-corrected chi connectivity index (χ0v) is 18.7.